The molecule has 1 heterocycles. The van der Waals surface area contributed by atoms with E-state index in [-0.39, 0.29) is 11.5 Å². The monoisotopic (exact) mass is 483 g/mol. The molecule has 0 saturated carbocycles. The second kappa shape index (κ2) is 10.5. The molecule has 7 nitrogen and oxygen atoms in total. The third kappa shape index (κ3) is 5.42. The molecule has 1 aliphatic heterocycles. The predicted octanol–water partition coefficient (Wildman–Crippen LogP) is 4.40. The van der Waals surface area contributed by atoms with Crippen LogP contribution in [0.3, 0.4) is 0 Å². The van der Waals surface area contributed by atoms with E-state index in [9.17, 15) is 14.4 Å². The molecule has 1 fully saturated rings. The molecule has 29 heavy (non-hydrogen) atoms. The number of hydrogen-bond acceptors (Lipinski definition) is 7. The van der Waals surface area contributed by atoms with Crippen LogP contribution in [0.5, 0.6) is 11.5 Å². The quantitative estimate of drug-likeness (QED) is 0.292. The molecule has 0 aliphatic carbocycles. The fourth-order valence-electron chi connectivity index (χ4n) is 2.51. The summed E-state index contributed by atoms with van der Waals surface area (Å²) < 4.78 is 16.8. The van der Waals surface area contributed by atoms with Gasteiger partial charge in [-0.25, -0.2) is 4.79 Å². The minimum Gasteiger partial charge on any atom is -0.490 e. The van der Waals surface area contributed by atoms with Crippen molar-refractivity contribution in [2.75, 3.05) is 19.8 Å². The fourth-order valence-corrected chi connectivity index (χ4v) is 3.85. The highest BCUT2D eigenvalue weighted by atomic mass is 79.9. The van der Waals surface area contributed by atoms with E-state index in [1.807, 2.05) is 6.92 Å². The third-order valence-corrected chi connectivity index (χ3v) is 5.42. The van der Waals surface area contributed by atoms with E-state index in [2.05, 4.69) is 22.5 Å². The zero-order valence-electron chi connectivity index (χ0n) is 16.4. The maximum atomic E-state index is 12.7. The van der Waals surface area contributed by atoms with Crippen molar-refractivity contribution in [1.29, 1.82) is 0 Å². The lowest BCUT2D eigenvalue weighted by atomic mass is 10.1. The molecule has 0 N–H and O–H groups in total. The Morgan fingerprint density at radius 3 is 2.55 bits per heavy atom. The molecule has 2 rings (SSSR count). The van der Waals surface area contributed by atoms with Crippen molar-refractivity contribution in [2.24, 2.45) is 0 Å². The van der Waals surface area contributed by atoms with Crippen LogP contribution >= 0.6 is 27.7 Å². The number of esters is 1. The highest BCUT2D eigenvalue weighted by Gasteiger charge is 2.41. The van der Waals surface area contributed by atoms with E-state index in [1.165, 1.54) is 6.92 Å². The molecule has 1 saturated heterocycles. The molecule has 1 aromatic rings. The van der Waals surface area contributed by atoms with Crippen molar-refractivity contribution in [3.8, 4) is 11.5 Å². The van der Waals surface area contributed by atoms with Crippen LogP contribution in [-0.4, -0.2) is 47.9 Å². The molecule has 0 unspecified atom stereocenters. The molecule has 0 bridgehead atoms. The van der Waals surface area contributed by atoms with Crippen molar-refractivity contribution in [2.45, 2.75) is 26.8 Å². The lowest BCUT2D eigenvalue weighted by Gasteiger charge is -2.19. The van der Waals surface area contributed by atoms with Crippen LogP contribution in [0.2, 0.25) is 0 Å². The molecule has 1 aromatic carbocycles. The van der Waals surface area contributed by atoms with Crippen LogP contribution in [-0.2, 0) is 14.3 Å². The first kappa shape index (κ1) is 23.0. The first-order valence-electron chi connectivity index (χ1n) is 8.97. The fraction of sp³-hybridized carbons (Fsp3) is 0.350. The summed E-state index contributed by atoms with van der Waals surface area (Å²) in [6.45, 7) is 9.51. The SMILES string of the molecule is C=CCOc1cc(Br)c(/C=C2/SC(=O)N([C@@H](C)C(=O)OCC)C2=O)cc1OCC. The minimum atomic E-state index is -0.995. The Kier molecular flexibility index (Phi) is 8.33. The van der Waals surface area contributed by atoms with Crippen molar-refractivity contribution >= 4 is 50.9 Å². The lowest BCUT2D eigenvalue weighted by molar-refractivity contribution is -0.150. The number of halogens is 1. The molecule has 0 spiro atoms. The van der Waals surface area contributed by atoms with E-state index in [0.717, 1.165) is 16.7 Å². The Labute approximate surface area is 182 Å². The van der Waals surface area contributed by atoms with Gasteiger partial charge in [0.1, 0.15) is 12.6 Å². The number of amides is 2. The van der Waals surface area contributed by atoms with Gasteiger partial charge in [-0.2, -0.15) is 0 Å². The van der Waals surface area contributed by atoms with Crippen LogP contribution in [0.25, 0.3) is 6.08 Å². The van der Waals surface area contributed by atoms with Crippen molar-refractivity contribution in [1.82, 2.24) is 4.90 Å². The van der Waals surface area contributed by atoms with Gasteiger partial charge in [-0.15, -0.1) is 0 Å². The molecule has 1 aliphatic rings. The van der Waals surface area contributed by atoms with Crippen LogP contribution in [0.4, 0.5) is 4.79 Å². The smallest absolute Gasteiger partial charge is 0.329 e. The molecular weight excluding hydrogens is 462 g/mol. The van der Waals surface area contributed by atoms with E-state index in [1.54, 1.807) is 31.2 Å². The van der Waals surface area contributed by atoms with Gasteiger partial charge in [-0.3, -0.25) is 14.5 Å². The van der Waals surface area contributed by atoms with Gasteiger partial charge in [0.25, 0.3) is 11.1 Å². The van der Waals surface area contributed by atoms with E-state index in [4.69, 9.17) is 14.2 Å². The zero-order valence-corrected chi connectivity index (χ0v) is 18.8. The topological polar surface area (TPSA) is 82.1 Å². The van der Waals surface area contributed by atoms with Gasteiger partial charge in [0.2, 0.25) is 0 Å². The largest absolute Gasteiger partial charge is 0.490 e. The zero-order chi connectivity index (χ0) is 21.6. The highest BCUT2D eigenvalue weighted by molar-refractivity contribution is 9.10. The summed E-state index contributed by atoms with van der Waals surface area (Å²) in [5, 5.41) is -0.520. The van der Waals surface area contributed by atoms with Crippen LogP contribution in [0.15, 0.2) is 34.2 Å². The minimum absolute atomic E-state index is 0.169. The van der Waals surface area contributed by atoms with E-state index in [0.29, 0.717) is 34.7 Å². The van der Waals surface area contributed by atoms with Gasteiger partial charge < -0.3 is 14.2 Å². The number of nitrogens with zero attached hydrogens (tertiary/aromatic N) is 1. The number of benzene rings is 1. The molecule has 156 valence electrons. The number of imide groups is 1. The molecule has 0 radical (unpaired) electrons. The summed E-state index contributed by atoms with van der Waals surface area (Å²) in [6.07, 6.45) is 3.20. The lowest BCUT2D eigenvalue weighted by Crippen LogP contribution is -2.42. The second-order valence-corrected chi connectivity index (χ2v) is 7.68. The van der Waals surface area contributed by atoms with Crippen LogP contribution < -0.4 is 9.47 Å². The summed E-state index contributed by atoms with van der Waals surface area (Å²) in [5.74, 6) is -0.139. The number of hydrogen-bond donors (Lipinski definition) is 0. The van der Waals surface area contributed by atoms with Gasteiger partial charge in [0.05, 0.1) is 18.1 Å². The van der Waals surface area contributed by atoms with E-state index < -0.39 is 23.2 Å². The van der Waals surface area contributed by atoms with Crippen LogP contribution in [0.1, 0.15) is 26.3 Å². The Bertz CT molecular complexity index is 854. The Hall–Kier alpha value is -2.26. The summed E-state index contributed by atoms with van der Waals surface area (Å²) in [7, 11) is 0. The summed E-state index contributed by atoms with van der Waals surface area (Å²) in [5.41, 5.74) is 0.633. The Morgan fingerprint density at radius 2 is 1.93 bits per heavy atom. The number of carbonyl (C=O) groups is 3. The maximum absolute atomic E-state index is 12.7. The maximum Gasteiger partial charge on any atom is 0.329 e. The average Bonchev–Trinajstić information content (AvgIpc) is 2.96. The summed E-state index contributed by atoms with van der Waals surface area (Å²) in [6, 6.07) is 2.45. The number of thioether (sulfide) groups is 1. The first-order chi connectivity index (χ1) is 13.8. The van der Waals surface area contributed by atoms with Crippen molar-refractivity contribution in [3.05, 3.63) is 39.7 Å². The number of rotatable bonds is 9. The Morgan fingerprint density at radius 1 is 1.24 bits per heavy atom. The normalized spacial score (nSPS) is 16.1. The summed E-state index contributed by atoms with van der Waals surface area (Å²) in [4.78, 5) is 38.1. The second-order valence-electron chi connectivity index (χ2n) is 5.83. The first-order valence-corrected chi connectivity index (χ1v) is 10.6. The van der Waals surface area contributed by atoms with Gasteiger partial charge in [0, 0.05) is 4.47 Å². The molecule has 9 heteroatoms. The molecular formula is C20H22BrNO6S. The van der Waals surface area contributed by atoms with Gasteiger partial charge in [-0.05, 0) is 56.3 Å². The third-order valence-electron chi connectivity index (χ3n) is 3.84. The van der Waals surface area contributed by atoms with Gasteiger partial charge in [0.15, 0.2) is 11.5 Å². The van der Waals surface area contributed by atoms with Crippen molar-refractivity contribution in [3.63, 3.8) is 0 Å². The van der Waals surface area contributed by atoms with Gasteiger partial charge >= 0.3 is 5.97 Å². The van der Waals surface area contributed by atoms with Crippen LogP contribution in [0, 0.1) is 0 Å². The van der Waals surface area contributed by atoms with Gasteiger partial charge in [-0.1, -0.05) is 28.6 Å². The predicted molar refractivity (Wildman–Crippen MR) is 115 cm³/mol. The highest BCUT2D eigenvalue weighted by Crippen LogP contribution is 2.38. The molecule has 0 aromatic heterocycles. The number of carbonyl (C=O) groups excluding carboxylic acids is 3. The molecule has 1 atom stereocenters. The number of ether oxygens (including phenoxy) is 3. The van der Waals surface area contributed by atoms with Crippen molar-refractivity contribution < 1.29 is 28.6 Å². The Balaban J connectivity index is 2.34. The molecule has 2 amide bonds. The standard InChI is InChI=1S/C20H22BrNO6S/c1-5-8-28-16-11-14(21)13(9-15(16)26-6-2)10-17-18(23)22(20(25)29-17)12(4)19(24)27-7-3/h5,9-12H,1,6-8H2,2-4H3/b17-10+/t12-/m0/s1. The average molecular weight is 484 g/mol. The van der Waals surface area contributed by atoms with E-state index >= 15 is 0 Å². The summed E-state index contributed by atoms with van der Waals surface area (Å²) >= 11 is 4.23.